The van der Waals surface area contributed by atoms with E-state index in [4.69, 9.17) is 11.6 Å². The lowest BCUT2D eigenvalue weighted by Gasteiger charge is -2.45. The SMILES string of the molecule is CC1CN(Cc2ccc(NC3CCC(=O)NC3=O)cc2)CC(C)N1CC[C@H](CSc1ccccc1)Nc1ccc(S(=O)(=O)NC(=O)c2ccc(N3CCN(CC4=C(c5ccc(Cl)cc5)CCC(C)(C)C4)CC3)cc2)cc1S(=O)(=O)C(F)(F)F. The molecule has 83 heavy (non-hydrogen) atoms. The van der Waals surface area contributed by atoms with Gasteiger partial charge in [-0.1, -0.05) is 73.5 Å². The van der Waals surface area contributed by atoms with E-state index >= 15 is 0 Å². The van der Waals surface area contributed by atoms with E-state index < -0.39 is 58.8 Å². The van der Waals surface area contributed by atoms with Crippen LogP contribution in [0.1, 0.15) is 87.7 Å². The fourth-order valence-electron chi connectivity index (χ4n) is 11.7. The highest BCUT2D eigenvalue weighted by Gasteiger charge is 2.49. The third kappa shape index (κ3) is 15.7. The number of sulfonamides is 1. The zero-order valence-corrected chi connectivity index (χ0v) is 50.3. The molecule has 0 aromatic heterocycles. The summed E-state index contributed by atoms with van der Waals surface area (Å²) in [7, 11) is -11.0. The number of rotatable bonds is 20. The molecule has 3 unspecified atom stereocenters. The zero-order valence-electron chi connectivity index (χ0n) is 47.1. The van der Waals surface area contributed by atoms with Gasteiger partial charge in [-0.3, -0.25) is 34.4 Å². The molecule has 3 aliphatic heterocycles. The van der Waals surface area contributed by atoms with Crippen molar-refractivity contribution in [1.82, 2.24) is 24.7 Å². The van der Waals surface area contributed by atoms with Crippen LogP contribution in [0.15, 0.2) is 142 Å². The van der Waals surface area contributed by atoms with Crippen LogP contribution >= 0.6 is 23.4 Å². The molecule has 3 amide bonds. The molecular formula is C61H72ClF3N8O7S3. The van der Waals surface area contributed by atoms with Gasteiger partial charge < -0.3 is 15.5 Å². The molecule has 4 aliphatic rings. The van der Waals surface area contributed by atoms with E-state index in [1.807, 2.05) is 71.5 Å². The third-order valence-corrected chi connectivity index (χ3v) is 20.4. The van der Waals surface area contributed by atoms with Crippen molar-refractivity contribution in [2.45, 2.75) is 117 Å². The number of imide groups is 1. The van der Waals surface area contributed by atoms with Crippen LogP contribution in [0.25, 0.3) is 5.57 Å². The Morgan fingerprint density at radius 2 is 1.49 bits per heavy atom. The molecule has 4 N–H and O–H groups in total. The molecule has 0 saturated carbocycles. The van der Waals surface area contributed by atoms with Crippen LogP contribution in [-0.2, 0) is 36.0 Å². The summed E-state index contributed by atoms with van der Waals surface area (Å²) in [6.45, 7) is 15.4. The molecule has 4 atom stereocenters. The molecule has 5 aromatic carbocycles. The Labute approximate surface area is 494 Å². The summed E-state index contributed by atoms with van der Waals surface area (Å²) >= 11 is 7.66. The Morgan fingerprint density at radius 3 is 2.14 bits per heavy atom. The van der Waals surface area contributed by atoms with Crippen molar-refractivity contribution < 1.29 is 44.4 Å². The number of anilines is 3. The number of halogens is 4. The zero-order chi connectivity index (χ0) is 59.3. The predicted octanol–water partition coefficient (Wildman–Crippen LogP) is 10.3. The van der Waals surface area contributed by atoms with Crippen molar-refractivity contribution in [1.29, 1.82) is 0 Å². The minimum atomic E-state index is -6.14. The number of amides is 3. The fourth-order valence-corrected chi connectivity index (χ4v) is 14.8. The summed E-state index contributed by atoms with van der Waals surface area (Å²) < 4.78 is 100. The number of allylic oxidation sites excluding steroid dienone is 1. The van der Waals surface area contributed by atoms with Gasteiger partial charge in [0.2, 0.25) is 11.8 Å². The van der Waals surface area contributed by atoms with Crippen molar-refractivity contribution in [2.75, 3.05) is 73.6 Å². The highest BCUT2D eigenvalue weighted by atomic mass is 35.5. The van der Waals surface area contributed by atoms with Crippen molar-refractivity contribution in [3.05, 3.63) is 149 Å². The number of nitrogens with one attached hydrogen (secondary N) is 4. The van der Waals surface area contributed by atoms with Crippen molar-refractivity contribution >= 4 is 83.6 Å². The smallest absolute Gasteiger partial charge is 0.380 e. The van der Waals surface area contributed by atoms with Gasteiger partial charge in [0.25, 0.3) is 25.8 Å². The second kappa shape index (κ2) is 26.1. The summed E-state index contributed by atoms with van der Waals surface area (Å²) in [6, 6.07) is 33.2. The van der Waals surface area contributed by atoms with Crippen LogP contribution in [0.2, 0.25) is 5.02 Å². The number of hydrogen-bond donors (Lipinski definition) is 4. The molecule has 22 heteroatoms. The van der Waals surface area contributed by atoms with Crippen LogP contribution in [-0.4, -0.2) is 137 Å². The van der Waals surface area contributed by atoms with E-state index in [-0.39, 0.29) is 41.3 Å². The van der Waals surface area contributed by atoms with E-state index in [9.17, 15) is 44.4 Å². The Kier molecular flexibility index (Phi) is 19.4. The first-order valence-corrected chi connectivity index (χ1v) is 32.4. The van der Waals surface area contributed by atoms with Gasteiger partial charge in [0.15, 0.2) is 0 Å². The lowest BCUT2D eigenvalue weighted by molar-refractivity contribution is -0.133. The molecular weight excluding hydrogens is 1150 g/mol. The van der Waals surface area contributed by atoms with Crippen molar-refractivity contribution in [3.8, 4) is 0 Å². The number of hydrogen-bond acceptors (Lipinski definition) is 14. The minimum Gasteiger partial charge on any atom is -0.380 e. The molecule has 0 spiro atoms. The van der Waals surface area contributed by atoms with Crippen LogP contribution in [0.4, 0.5) is 30.2 Å². The molecule has 0 bridgehead atoms. The average Bonchev–Trinajstić information content (AvgIpc) is 3.42. The number of carbonyl (C=O) groups is 3. The van der Waals surface area contributed by atoms with Crippen LogP contribution < -0.4 is 25.6 Å². The van der Waals surface area contributed by atoms with Gasteiger partial charge in [0, 0.05) is 116 Å². The third-order valence-electron chi connectivity index (χ3n) is 16.1. The predicted molar refractivity (Wildman–Crippen MR) is 322 cm³/mol. The number of sulfone groups is 1. The largest absolute Gasteiger partial charge is 0.501 e. The van der Waals surface area contributed by atoms with Crippen LogP contribution in [0.5, 0.6) is 0 Å². The second-order valence-corrected chi connectivity index (χ2v) is 28.1. The van der Waals surface area contributed by atoms with Gasteiger partial charge in [0.1, 0.15) is 10.9 Å². The Morgan fingerprint density at radius 1 is 0.819 bits per heavy atom. The summed E-state index contributed by atoms with van der Waals surface area (Å²) in [4.78, 5) is 45.5. The Bertz CT molecular complexity index is 3370. The van der Waals surface area contributed by atoms with Gasteiger partial charge in [-0.25, -0.2) is 21.6 Å². The van der Waals surface area contributed by atoms with Gasteiger partial charge >= 0.3 is 5.51 Å². The topological polar surface area (TPSA) is 181 Å². The first kappa shape index (κ1) is 61.6. The van der Waals surface area contributed by atoms with E-state index in [0.29, 0.717) is 55.9 Å². The van der Waals surface area contributed by atoms with Crippen LogP contribution in [0.3, 0.4) is 0 Å². The maximum Gasteiger partial charge on any atom is 0.501 e. The van der Waals surface area contributed by atoms with Crippen molar-refractivity contribution in [3.63, 3.8) is 0 Å². The maximum absolute atomic E-state index is 14.5. The highest BCUT2D eigenvalue weighted by molar-refractivity contribution is 7.99. The lowest BCUT2D eigenvalue weighted by Crippen LogP contribution is -2.56. The number of thioether (sulfide) groups is 1. The Balaban J connectivity index is 0.838. The lowest BCUT2D eigenvalue weighted by atomic mass is 9.73. The van der Waals surface area contributed by atoms with Crippen LogP contribution in [0, 0.1) is 5.41 Å². The number of nitrogens with zero attached hydrogens (tertiary/aromatic N) is 4. The molecule has 1 aliphatic carbocycles. The van der Waals surface area contributed by atoms with E-state index in [1.54, 1.807) is 12.1 Å². The summed E-state index contributed by atoms with van der Waals surface area (Å²) in [5.74, 6) is -1.34. The molecule has 5 aromatic rings. The summed E-state index contributed by atoms with van der Waals surface area (Å²) in [6.07, 6.45) is 4.20. The normalized spacial score (nSPS) is 20.9. The standard InChI is InChI=1S/C61H72ClF3N8O7S3/c1-41-36-71(38-43-10-18-48(19-11-43)66-55-24-25-57(74)68-59(55)76)37-42(2)73(41)29-27-49(40-81-51-8-6-5-7-9-51)67-54-23-22-52(34-56(54)82(77,78)61(63,64)65)83(79,80)69-58(75)45-14-20-50(21-15-45)72-32-30-70(31-33-72)39-46-35-60(3,4)28-26-53(46)44-12-16-47(62)17-13-44/h5-23,34,41-42,49,55,66-67H,24-33,35-40H2,1-4H3,(H,69,75)(H,68,74,76)/t41?,42?,49-,55?/m1/s1. The quantitative estimate of drug-likeness (QED) is 0.0427. The summed E-state index contributed by atoms with van der Waals surface area (Å²) in [5.41, 5.74) is 0.682. The first-order chi connectivity index (χ1) is 39.4. The van der Waals surface area contributed by atoms with E-state index in [1.165, 1.54) is 40.6 Å². The Hall–Kier alpha value is -5.94. The second-order valence-electron chi connectivity index (χ2n) is 23.0. The molecule has 3 heterocycles. The van der Waals surface area contributed by atoms with Gasteiger partial charge in [-0.2, -0.15) is 13.2 Å². The number of alkyl halides is 3. The summed E-state index contributed by atoms with van der Waals surface area (Å²) in [5, 5.41) is 9.35. The fraction of sp³-hybridized carbons (Fsp3) is 0.426. The highest BCUT2D eigenvalue weighted by Crippen LogP contribution is 2.43. The monoisotopic (exact) mass is 1220 g/mol. The minimum absolute atomic E-state index is 0.0179. The molecule has 444 valence electrons. The number of piperidine rings is 1. The van der Waals surface area contributed by atoms with E-state index in [2.05, 4.69) is 75.4 Å². The molecule has 9 rings (SSSR count). The first-order valence-electron chi connectivity index (χ1n) is 28.1. The molecule has 15 nitrogen and oxygen atoms in total. The maximum atomic E-state index is 14.5. The molecule has 3 saturated heterocycles. The number of benzene rings is 5. The van der Waals surface area contributed by atoms with Crippen molar-refractivity contribution in [2.24, 2.45) is 5.41 Å². The van der Waals surface area contributed by atoms with Gasteiger partial charge in [-0.15, -0.1) is 11.8 Å². The average molecular weight is 1220 g/mol. The number of piperazine rings is 2. The van der Waals surface area contributed by atoms with Gasteiger partial charge in [0.05, 0.1) is 10.6 Å². The van der Waals surface area contributed by atoms with E-state index in [0.717, 1.165) is 86.0 Å². The molecule has 3 fully saturated rings. The number of carbonyl (C=O) groups excluding carboxylic acids is 3. The van der Waals surface area contributed by atoms with Gasteiger partial charge in [-0.05, 0) is 147 Å². The molecule has 0 radical (unpaired) electrons.